The minimum atomic E-state index is 0.227. The van der Waals surface area contributed by atoms with E-state index in [0.29, 0.717) is 18.8 Å². The third kappa shape index (κ3) is 2.74. The van der Waals surface area contributed by atoms with Gasteiger partial charge in [-0.05, 0) is 18.2 Å². The first-order valence-corrected chi connectivity index (χ1v) is 5.59. The maximum Gasteiger partial charge on any atom is 0.221 e. The number of benzene rings is 1. The number of rotatable bonds is 4. The normalized spacial score (nSPS) is 9.72. The molecule has 1 aromatic heterocycles. The number of anilines is 3. The lowest BCUT2D eigenvalue weighted by Crippen LogP contribution is -2.19. The van der Waals surface area contributed by atoms with Crippen LogP contribution >= 0.6 is 0 Å². The number of nitrogens with zero attached hydrogens (tertiary/aromatic N) is 4. The van der Waals surface area contributed by atoms with Crippen LogP contribution < -0.4 is 10.6 Å². The third-order valence-corrected chi connectivity index (χ3v) is 2.45. The number of nitrogens with two attached hydrogens (primary N) is 1. The predicted molar refractivity (Wildman–Crippen MR) is 70.1 cm³/mol. The fourth-order valence-electron chi connectivity index (χ4n) is 1.66. The summed E-state index contributed by atoms with van der Waals surface area (Å²) in [7, 11) is 0. The van der Waals surface area contributed by atoms with Gasteiger partial charge in [0.2, 0.25) is 5.95 Å². The van der Waals surface area contributed by atoms with E-state index in [1.54, 1.807) is 12.3 Å². The van der Waals surface area contributed by atoms with Gasteiger partial charge in [0, 0.05) is 18.4 Å². The highest BCUT2D eigenvalue weighted by Crippen LogP contribution is 2.23. The van der Waals surface area contributed by atoms with Crippen LogP contribution in [0.1, 0.15) is 6.42 Å². The summed E-state index contributed by atoms with van der Waals surface area (Å²) in [5, 5.41) is 8.73. The van der Waals surface area contributed by atoms with Crippen molar-refractivity contribution < 1.29 is 0 Å². The molecule has 1 aromatic carbocycles. The molecule has 0 saturated carbocycles. The summed E-state index contributed by atoms with van der Waals surface area (Å²) in [6.07, 6.45) is 2.03. The van der Waals surface area contributed by atoms with E-state index in [2.05, 4.69) is 16.0 Å². The Morgan fingerprint density at radius 2 is 2.00 bits per heavy atom. The second-order valence-electron chi connectivity index (χ2n) is 3.67. The Bertz CT molecular complexity index is 547. The van der Waals surface area contributed by atoms with Crippen LogP contribution in [0, 0.1) is 11.3 Å². The van der Waals surface area contributed by atoms with Gasteiger partial charge >= 0.3 is 0 Å². The first-order valence-electron chi connectivity index (χ1n) is 5.59. The largest absolute Gasteiger partial charge is 0.368 e. The molecule has 0 radical (unpaired) electrons. The molecule has 1 heterocycles. The van der Waals surface area contributed by atoms with Gasteiger partial charge in [-0.25, -0.2) is 4.98 Å². The van der Waals surface area contributed by atoms with E-state index in [1.165, 1.54) is 0 Å². The van der Waals surface area contributed by atoms with Crippen LogP contribution in [0.5, 0.6) is 0 Å². The molecule has 0 saturated heterocycles. The van der Waals surface area contributed by atoms with Gasteiger partial charge in [0.1, 0.15) is 5.82 Å². The van der Waals surface area contributed by atoms with E-state index in [0.717, 1.165) is 5.69 Å². The summed E-state index contributed by atoms with van der Waals surface area (Å²) in [4.78, 5) is 10.0. The van der Waals surface area contributed by atoms with Crippen LogP contribution in [0.15, 0.2) is 42.6 Å². The minimum absolute atomic E-state index is 0.227. The van der Waals surface area contributed by atoms with Crippen molar-refractivity contribution in [1.29, 1.82) is 5.26 Å². The molecule has 0 bridgehead atoms. The summed E-state index contributed by atoms with van der Waals surface area (Å²) in [5.41, 5.74) is 6.57. The third-order valence-electron chi connectivity index (χ3n) is 2.45. The van der Waals surface area contributed by atoms with Crippen molar-refractivity contribution in [2.45, 2.75) is 6.42 Å². The molecule has 18 heavy (non-hydrogen) atoms. The lowest BCUT2D eigenvalue weighted by atomic mass is 10.2. The van der Waals surface area contributed by atoms with E-state index in [-0.39, 0.29) is 5.95 Å². The van der Waals surface area contributed by atoms with Gasteiger partial charge in [0.15, 0.2) is 0 Å². The van der Waals surface area contributed by atoms with Crippen LogP contribution in [0.4, 0.5) is 17.5 Å². The van der Waals surface area contributed by atoms with Crippen molar-refractivity contribution in [2.75, 3.05) is 17.2 Å². The van der Waals surface area contributed by atoms with Crippen LogP contribution in [-0.4, -0.2) is 16.5 Å². The maximum absolute atomic E-state index is 8.73. The van der Waals surface area contributed by atoms with E-state index >= 15 is 0 Å². The van der Waals surface area contributed by atoms with Crippen molar-refractivity contribution in [1.82, 2.24) is 9.97 Å². The molecule has 0 spiro atoms. The lowest BCUT2D eigenvalue weighted by Gasteiger charge is -2.22. The quantitative estimate of drug-likeness (QED) is 0.883. The number of nitriles is 1. The molecule has 0 aliphatic heterocycles. The highest BCUT2D eigenvalue weighted by atomic mass is 15.2. The van der Waals surface area contributed by atoms with Crippen molar-refractivity contribution in [3.05, 3.63) is 42.6 Å². The fourth-order valence-corrected chi connectivity index (χ4v) is 1.66. The summed E-state index contributed by atoms with van der Waals surface area (Å²) in [6, 6.07) is 13.7. The van der Waals surface area contributed by atoms with E-state index in [1.807, 2.05) is 35.2 Å². The molecule has 2 aromatic rings. The van der Waals surface area contributed by atoms with E-state index < -0.39 is 0 Å². The first-order chi connectivity index (χ1) is 8.81. The zero-order valence-electron chi connectivity index (χ0n) is 9.82. The number of hydrogen-bond acceptors (Lipinski definition) is 5. The molecule has 5 nitrogen and oxygen atoms in total. The molecule has 0 aliphatic rings. The molecule has 0 unspecified atom stereocenters. The molecule has 5 heteroatoms. The molecule has 90 valence electrons. The summed E-state index contributed by atoms with van der Waals surface area (Å²) in [6.45, 7) is 0.566. The van der Waals surface area contributed by atoms with Gasteiger partial charge in [-0.15, -0.1) is 0 Å². The van der Waals surface area contributed by atoms with Gasteiger partial charge in [0.05, 0.1) is 12.5 Å². The summed E-state index contributed by atoms with van der Waals surface area (Å²) >= 11 is 0. The number of hydrogen-bond donors (Lipinski definition) is 1. The standard InChI is InChI=1S/C13H13N5/c14-8-4-10-18(11-5-2-1-3-6-11)12-7-9-16-13(15)17-12/h1-3,5-7,9H,4,10H2,(H2,15,16,17). The van der Waals surface area contributed by atoms with Gasteiger partial charge in [-0.2, -0.15) is 10.2 Å². The minimum Gasteiger partial charge on any atom is -0.368 e. The highest BCUT2D eigenvalue weighted by Gasteiger charge is 2.10. The van der Waals surface area contributed by atoms with Gasteiger partial charge in [-0.1, -0.05) is 18.2 Å². The molecule has 2 rings (SSSR count). The number of aromatic nitrogens is 2. The molecule has 0 aliphatic carbocycles. The zero-order chi connectivity index (χ0) is 12.8. The van der Waals surface area contributed by atoms with Crippen LogP contribution in [0.3, 0.4) is 0 Å². The lowest BCUT2D eigenvalue weighted by molar-refractivity contribution is 0.922. The molecule has 2 N–H and O–H groups in total. The van der Waals surface area contributed by atoms with Crippen molar-refractivity contribution >= 4 is 17.5 Å². The monoisotopic (exact) mass is 239 g/mol. The summed E-state index contributed by atoms with van der Waals surface area (Å²) in [5.74, 6) is 0.925. The first kappa shape index (κ1) is 11.9. The Hall–Kier alpha value is -2.61. The molecule has 0 fully saturated rings. The van der Waals surface area contributed by atoms with Gasteiger partial charge in [0.25, 0.3) is 0 Å². The second-order valence-corrected chi connectivity index (χ2v) is 3.67. The van der Waals surface area contributed by atoms with Crippen molar-refractivity contribution in [3.63, 3.8) is 0 Å². The summed E-state index contributed by atoms with van der Waals surface area (Å²) < 4.78 is 0. The fraction of sp³-hybridized carbons (Fsp3) is 0.154. The van der Waals surface area contributed by atoms with Crippen molar-refractivity contribution in [2.24, 2.45) is 0 Å². The molecular weight excluding hydrogens is 226 g/mol. The SMILES string of the molecule is N#CCCN(c1ccccc1)c1ccnc(N)n1. The van der Waals surface area contributed by atoms with E-state index in [4.69, 9.17) is 11.0 Å². The Kier molecular flexibility index (Phi) is 3.72. The highest BCUT2D eigenvalue weighted by molar-refractivity contribution is 5.60. The average Bonchev–Trinajstić information content (AvgIpc) is 2.40. The van der Waals surface area contributed by atoms with Crippen LogP contribution in [0.2, 0.25) is 0 Å². The van der Waals surface area contributed by atoms with Gasteiger partial charge < -0.3 is 10.6 Å². The van der Waals surface area contributed by atoms with E-state index in [9.17, 15) is 0 Å². The van der Waals surface area contributed by atoms with Gasteiger partial charge in [-0.3, -0.25) is 0 Å². The Labute approximate surface area is 106 Å². The Balaban J connectivity index is 2.34. The average molecular weight is 239 g/mol. The van der Waals surface area contributed by atoms with Crippen LogP contribution in [-0.2, 0) is 0 Å². The predicted octanol–water partition coefficient (Wildman–Crippen LogP) is 2.11. The second kappa shape index (κ2) is 5.64. The smallest absolute Gasteiger partial charge is 0.221 e. The van der Waals surface area contributed by atoms with Crippen LogP contribution in [0.25, 0.3) is 0 Å². The topological polar surface area (TPSA) is 78.8 Å². The zero-order valence-corrected chi connectivity index (χ0v) is 9.82. The Morgan fingerprint density at radius 3 is 2.67 bits per heavy atom. The Morgan fingerprint density at radius 1 is 1.22 bits per heavy atom. The number of nitrogen functional groups attached to an aromatic ring is 1. The van der Waals surface area contributed by atoms with Crippen molar-refractivity contribution in [3.8, 4) is 6.07 Å². The molecule has 0 amide bonds. The maximum atomic E-state index is 8.73. The number of para-hydroxylation sites is 1. The molecular formula is C13H13N5. The molecule has 0 atom stereocenters.